The third-order valence-corrected chi connectivity index (χ3v) is 2.74. The number of nitrogens with one attached hydrogen (secondary N) is 1. The molecule has 0 bridgehead atoms. The molecule has 0 saturated carbocycles. The number of carbonyl (C=O) groups is 1. The van der Waals surface area contributed by atoms with Gasteiger partial charge in [0.1, 0.15) is 5.69 Å². The van der Waals surface area contributed by atoms with Gasteiger partial charge in [0.25, 0.3) is 0 Å². The van der Waals surface area contributed by atoms with E-state index >= 15 is 0 Å². The standard InChI is InChI=1S/C9H9N5O2S/c10-8-12-9(14-13-8)17-4-5-2-1-3-6(11-5)7(15)16/h1-3H,4H2,(H,15,16)(H3,10,12,13,14). The number of nitrogens with zero attached hydrogens (tertiary/aromatic N) is 3. The number of aromatic nitrogens is 4. The fourth-order valence-electron chi connectivity index (χ4n) is 1.14. The maximum Gasteiger partial charge on any atom is 0.354 e. The van der Waals surface area contributed by atoms with Crippen molar-refractivity contribution in [2.45, 2.75) is 10.9 Å². The quantitative estimate of drug-likeness (QED) is 0.687. The van der Waals surface area contributed by atoms with Crippen molar-refractivity contribution in [3.8, 4) is 0 Å². The summed E-state index contributed by atoms with van der Waals surface area (Å²) >= 11 is 1.33. The van der Waals surface area contributed by atoms with E-state index in [2.05, 4.69) is 20.2 Å². The highest BCUT2D eigenvalue weighted by Crippen LogP contribution is 2.18. The van der Waals surface area contributed by atoms with Gasteiger partial charge in [0.2, 0.25) is 11.1 Å². The summed E-state index contributed by atoms with van der Waals surface area (Å²) in [5.41, 5.74) is 6.05. The number of nitrogens with two attached hydrogens (primary N) is 1. The summed E-state index contributed by atoms with van der Waals surface area (Å²) in [7, 11) is 0. The maximum atomic E-state index is 10.7. The lowest BCUT2D eigenvalue weighted by Gasteiger charge is -1.99. The molecule has 2 aromatic heterocycles. The topological polar surface area (TPSA) is 118 Å². The average molecular weight is 251 g/mol. The Balaban J connectivity index is 2.04. The van der Waals surface area contributed by atoms with E-state index < -0.39 is 5.97 Å². The van der Waals surface area contributed by atoms with Crippen molar-refractivity contribution in [3.05, 3.63) is 29.6 Å². The van der Waals surface area contributed by atoms with Gasteiger partial charge >= 0.3 is 5.97 Å². The zero-order chi connectivity index (χ0) is 12.3. The van der Waals surface area contributed by atoms with E-state index in [1.165, 1.54) is 17.8 Å². The number of nitrogen functional groups attached to an aromatic ring is 1. The molecule has 4 N–H and O–H groups in total. The Hall–Kier alpha value is -2.09. The first kappa shape index (κ1) is 11.4. The van der Waals surface area contributed by atoms with E-state index in [0.717, 1.165) is 0 Å². The van der Waals surface area contributed by atoms with Crippen LogP contribution in [0.2, 0.25) is 0 Å². The van der Waals surface area contributed by atoms with E-state index in [1.807, 2.05) is 0 Å². The molecule has 0 aliphatic heterocycles. The Morgan fingerprint density at radius 2 is 2.29 bits per heavy atom. The van der Waals surface area contributed by atoms with Gasteiger partial charge in [-0.3, -0.25) is 0 Å². The van der Waals surface area contributed by atoms with Crippen LogP contribution >= 0.6 is 11.8 Å². The van der Waals surface area contributed by atoms with Crippen LogP contribution < -0.4 is 5.73 Å². The predicted octanol–water partition coefficient (Wildman–Crippen LogP) is 0.772. The second-order valence-electron chi connectivity index (χ2n) is 3.11. The number of hydrogen-bond donors (Lipinski definition) is 3. The minimum atomic E-state index is -1.04. The second-order valence-corrected chi connectivity index (χ2v) is 4.05. The first-order chi connectivity index (χ1) is 8.15. The fraction of sp³-hybridized carbons (Fsp3) is 0.111. The van der Waals surface area contributed by atoms with E-state index in [4.69, 9.17) is 10.8 Å². The van der Waals surface area contributed by atoms with Crippen LogP contribution in [-0.4, -0.2) is 31.2 Å². The van der Waals surface area contributed by atoms with Crippen molar-refractivity contribution >= 4 is 23.7 Å². The van der Waals surface area contributed by atoms with E-state index in [1.54, 1.807) is 12.1 Å². The Bertz CT molecular complexity index is 542. The SMILES string of the molecule is Nc1nc(SCc2cccc(C(=O)O)n2)n[nH]1. The summed E-state index contributed by atoms with van der Waals surface area (Å²) in [5, 5.41) is 15.6. The summed E-state index contributed by atoms with van der Waals surface area (Å²) in [6.07, 6.45) is 0. The van der Waals surface area contributed by atoms with Crippen LogP contribution in [0.4, 0.5) is 5.95 Å². The zero-order valence-electron chi connectivity index (χ0n) is 8.62. The lowest BCUT2D eigenvalue weighted by molar-refractivity contribution is 0.0690. The van der Waals surface area contributed by atoms with E-state index in [9.17, 15) is 4.79 Å². The molecule has 0 atom stereocenters. The number of pyridine rings is 1. The molecule has 0 unspecified atom stereocenters. The summed E-state index contributed by atoms with van der Waals surface area (Å²) in [6, 6.07) is 4.84. The van der Waals surface area contributed by atoms with Gasteiger partial charge in [0.05, 0.1) is 5.69 Å². The molecule has 0 radical (unpaired) electrons. The number of rotatable bonds is 4. The highest BCUT2D eigenvalue weighted by Gasteiger charge is 2.07. The molecular formula is C9H9N5O2S. The first-order valence-electron chi connectivity index (χ1n) is 4.65. The number of H-pyrrole nitrogens is 1. The molecule has 8 heteroatoms. The highest BCUT2D eigenvalue weighted by atomic mass is 32.2. The number of thioether (sulfide) groups is 1. The van der Waals surface area contributed by atoms with Crippen molar-refractivity contribution in [1.29, 1.82) is 0 Å². The summed E-state index contributed by atoms with van der Waals surface area (Å²) in [5.74, 6) is -0.308. The lowest BCUT2D eigenvalue weighted by Crippen LogP contribution is -2.01. The van der Waals surface area contributed by atoms with Gasteiger partial charge in [0, 0.05) is 5.75 Å². The van der Waals surface area contributed by atoms with Crippen molar-refractivity contribution in [2.24, 2.45) is 0 Å². The lowest BCUT2D eigenvalue weighted by atomic mass is 10.3. The minimum Gasteiger partial charge on any atom is -0.477 e. The number of carboxylic acid groups (broad SMARTS) is 1. The van der Waals surface area contributed by atoms with Crippen molar-refractivity contribution in [1.82, 2.24) is 20.2 Å². The van der Waals surface area contributed by atoms with Crippen LogP contribution in [0.1, 0.15) is 16.2 Å². The average Bonchev–Trinajstić information content (AvgIpc) is 2.73. The molecule has 2 heterocycles. The normalized spacial score (nSPS) is 10.4. The van der Waals surface area contributed by atoms with Crippen LogP contribution in [-0.2, 0) is 5.75 Å². The van der Waals surface area contributed by atoms with Gasteiger partial charge < -0.3 is 10.8 Å². The zero-order valence-corrected chi connectivity index (χ0v) is 9.44. The molecular weight excluding hydrogens is 242 g/mol. The molecule has 17 heavy (non-hydrogen) atoms. The monoisotopic (exact) mass is 251 g/mol. The van der Waals surface area contributed by atoms with Crippen molar-refractivity contribution in [3.63, 3.8) is 0 Å². The van der Waals surface area contributed by atoms with Crippen LogP contribution in [0, 0.1) is 0 Å². The first-order valence-corrected chi connectivity index (χ1v) is 5.63. The van der Waals surface area contributed by atoms with Crippen molar-refractivity contribution < 1.29 is 9.90 Å². The number of carboxylic acids is 1. The van der Waals surface area contributed by atoms with E-state index in [-0.39, 0.29) is 11.6 Å². The van der Waals surface area contributed by atoms with Crippen LogP contribution in [0.25, 0.3) is 0 Å². The molecule has 7 nitrogen and oxygen atoms in total. The Morgan fingerprint density at radius 3 is 2.94 bits per heavy atom. The molecule has 0 saturated heterocycles. The molecule has 0 spiro atoms. The summed E-state index contributed by atoms with van der Waals surface area (Å²) in [6.45, 7) is 0. The Labute approximate surface area is 100 Å². The minimum absolute atomic E-state index is 0.0256. The largest absolute Gasteiger partial charge is 0.477 e. The Morgan fingerprint density at radius 1 is 1.47 bits per heavy atom. The van der Waals surface area contributed by atoms with Crippen molar-refractivity contribution in [2.75, 3.05) is 5.73 Å². The smallest absolute Gasteiger partial charge is 0.354 e. The van der Waals surface area contributed by atoms with Gasteiger partial charge in [-0.25, -0.2) is 14.9 Å². The van der Waals surface area contributed by atoms with Gasteiger partial charge in [-0.15, -0.1) is 5.10 Å². The fourth-order valence-corrected chi connectivity index (χ4v) is 1.85. The third kappa shape index (κ3) is 2.94. The summed E-state index contributed by atoms with van der Waals surface area (Å²) < 4.78 is 0. The predicted molar refractivity (Wildman–Crippen MR) is 61.6 cm³/mol. The van der Waals surface area contributed by atoms with Gasteiger partial charge in [-0.2, -0.15) is 4.98 Å². The molecule has 0 amide bonds. The van der Waals surface area contributed by atoms with Crippen LogP contribution in [0.5, 0.6) is 0 Å². The number of hydrogen-bond acceptors (Lipinski definition) is 6. The number of anilines is 1. The molecule has 88 valence electrons. The van der Waals surface area contributed by atoms with Gasteiger partial charge in [-0.1, -0.05) is 17.8 Å². The molecule has 0 aliphatic carbocycles. The van der Waals surface area contributed by atoms with Crippen LogP contribution in [0.3, 0.4) is 0 Å². The third-order valence-electron chi connectivity index (χ3n) is 1.86. The summed E-state index contributed by atoms with van der Waals surface area (Å²) in [4.78, 5) is 18.6. The van der Waals surface area contributed by atoms with Gasteiger partial charge in [-0.05, 0) is 12.1 Å². The molecule has 0 aliphatic rings. The molecule has 2 aromatic rings. The molecule has 0 aromatic carbocycles. The second kappa shape index (κ2) is 4.83. The van der Waals surface area contributed by atoms with Gasteiger partial charge in [0.15, 0.2) is 0 Å². The van der Waals surface area contributed by atoms with Crippen LogP contribution in [0.15, 0.2) is 23.4 Å². The Kier molecular flexibility index (Phi) is 3.24. The molecule has 0 fully saturated rings. The molecule has 2 rings (SSSR count). The maximum absolute atomic E-state index is 10.7. The van der Waals surface area contributed by atoms with E-state index in [0.29, 0.717) is 16.6 Å². The number of aromatic amines is 1. The number of aromatic carboxylic acids is 1. The highest BCUT2D eigenvalue weighted by molar-refractivity contribution is 7.98.